The molecule has 6 nitrogen and oxygen atoms in total. The van der Waals surface area contributed by atoms with Crippen LogP contribution >= 0.6 is 0 Å². The molecule has 0 radical (unpaired) electrons. The lowest BCUT2D eigenvalue weighted by atomic mass is 9.76. The fraction of sp³-hybridized carbons (Fsp3) is 0.308. The van der Waals surface area contributed by atoms with E-state index in [1.165, 1.54) is 33.4 Å². The summed E-state index contributed by atoms with van der Waals surface area (Å²) < 4.78 is 26.6. The average Bonchev–Trinajstić information content (AvgIpc) is 3.20. The van der Waals surface area contributed by atoms with Crippen LogP contribution in [0.5, 0.6) is 34.5 Å². The van der Waals surface area contributed by atoms with Gasteiger partial charge in [0.25, 0.3) is 0 Å². The molecule has 6 aromatic carbocycles. The van der Waals surface area contributed by atoms with E-state index in [1.807, 2.05) is 62.4 Å². The van der Waals surface area contributed by atoms with Crippen LogP contribution in [0.3, 0.4) is 0 Å². The van der Waals surface area contributed by atoms with Crippen molar-refractivity contribution in [3.8, 4) is 56.8 Å². The third kappa shape index (κ3) is 10.3. The molecule has 0 aliphatic carbocycles. The van der Waals surface area contributed by atoms with Gasteiger partial charge in [-0.3, -0.25) is 0 Å². The van der Waals surface area contributed by atoms with E-state index in [4.69, 9.17) is 23.7 Å². The van der Waals surface area contributed by atoms with Crippen LogP contribution in [0.4, 0.5) is 0 Å². The summed E-state index contributed by atoms with van der Waals surface area (Å²) in [6.07, 6.45) is 0. The van der Waals surface area contributed by atoms with Gasteiger partial charge in [-0.25, -0.2) is 0 Å². The van der Waals surface area contributed by atoms with Crippen LogP contribution in [0.25, 0.3) is 22.3 Å². The van der Waals surface area contributed by atoms with E-state index in [2.05, 4.69) is 104 Å². The van der Waals surface area contributed by atoms with Gasteiger partial charge in [0.2, 0.25) is 0 Å². The molecule has 0 saturated carbocycles. The fourth-order valence-corrected chi connectivity index (χ4v) is 7.56. The minimum atomic E-state index is -0.134. The molecule has 0 aromatic heterocycles. The van der Waals surface area contributed by atoms with Gasteiger partial charge < -0.3 is 28.8 Å². The molecule has 0 saturated heterocycles. The van der Waals surface area contributed by atoms with Crippen molar-refractivity contribution in [2.75, 3.05) is 35.5 Å². The summed E-state index contributed by atoms with van der Waals surface area (Å²) in [5.41, 5.74) is 15.9. The first-order chi connectivity index (χ1) is 27.5. The third-order valence-electron chi connectivity index (χ3n) is 10.8. The lowest BCUT2D eigenvalue weighted by molar-refractivity contribution is 0.408. The van der Waals surface area contributed by atoms with E-state index in [9.17, 15) is 5.11 Å². The number of benzene rings is 6. The summed E-state index contributed by atoms with van der Waals surface area (Å²) in [6.45, 7) is 20.8. The first kappa shape index (κ1) is 44.8. The Labute approximate surface area is 347 Å². The number of aromatic hydroxyl groups is 1. The maximum Gasteiger partial charge on any atom is 0.124 e. The van der Waals surface area contributed by atoms with Crippen LogP contribution in [0.15, 0.2) is 97.1 Å². The first-order valence-electron chi connectivity index (χ1n) is 19.5. The highest BCUT2D eigenvalue weighted by Gasteiger charge is 2.26. The zero-order valence-electron chi connectivity index (χ0n) is 37.2. The normalized spacial score (nSPS) is 10.7. The van der Waals surface area contributed by atoms with Crippen LogP contribution in [-0.2, 0) is 5.41 Å². The molecular weight excluding hydrogens is 721 g/mol. The Hall–Kier alpha value is -5.88. The Bertz CT molecular complexity index is 2120. The Kier molecular flexibility index (Phi) is 15.1. The minimum absolute atomic E-state index is 0.134. The molecule has 58 heavy (non-hydrogen) atoms. The summed E-state index contributed by atoms with van der Waals surface area (Å²) in [5.74, 6) is 5.03. The van der Waals surface area contributed by atoms with E-state index >= 15 is 0 Å². The lowest BCUT2D eigenvalue weighted by Crippen LogP contribution is -2.20. The predicted octanol–water partition coefficient (Wildman–Crippen LogP) is 12.9. The number of methoxy groups -OCH3 is 5. The van der Waals surface area contributed by atoms with Crippen molar-refractivity contribution < 1.29 is 28.8 Å². The number of rotatable bonds is 9. The van der Waals surface area contributed by atoms with Crippen LogP contribution in [-0.4, -0.2) is 40.7 Å². The quantitative estimate of drug-likeness (QED) is 0.158. The SMILES string of the molecule is COc1c(C)cc(-c2cc(C)c(OC)c(C)c2)cc1C.COc1c(C)cc(C(C)(C)c2cc(C)c(O)c(C)c2)cc1C.COc1ccc(-c2ccc(OC)cc2)cc1. The fourth-order valence-electron chi connectivity index (χ4n) is 7.56. The smallest absolute Gasteiger partial charge is 0.124 e. The van der Waals surface area contributed by atoms with Gasteiger partial charge >= 0.3 is 0 Å². The molecule has 0 spiro atoms. The van der Waals surface area contributed by atoms with Crippen molar-refractivity contribution in [1.82, 2.24) is 0 Å². The molecule has 6 rings (SSSR count). The van der Waals surface area contributed by atoms with Gasteiger partial charge in [0.1, 0.15) is 34.5 Å². The first-order valence-corrected chi connectivity index (χ1v) is 19.5. The van der Waals surface area contributed by atoms with Crippen molar-refractivity contribution in [3.63, 3.8) is 0 Å². The van der Waals surface area contributed by atoms with E-state index in [-0.39, 0.29) is 5.41 Å². The Morgan fingerprint density at radius 1 is 0.345 bits per heavy atom. The Balaban J connectivity index is 0.000000195. The van der Waals surface area contributed by atoms with E-state index in [1.54, 1.807) is 35.5 Å². The standard InChI is InChI=1S/C20H26O2.C18H22O2.C14H14O2/c1-12-8-16(9-13(2)18(12)21)20(5,6)17-10-14(3)19(22-7)15(4)11-17;1-11-7-15(8-12(2)17(11)19-5)16-9-13(3)18(20-6)14(4)10-16;1-15-13-7-3-11(4-8-13)12-5-9-14(16-2)10-6-12/h8-11,21H,1-7H3;7-10H,1-6H3;3-10H,1-2H3. The molecule has 0 unspecified atom stereocenters. The van der Waals surface area contributed by atoms with E-state index in [0.717, 1.165) is 73.3 Å². The topological polar surface area (TPSA) is 66.4 Å². The molecule has 0 amide bonds. The van der Waals surface area contributed by atoms with Crippen molar-refractivity contribution in [2.24, 2.45) is 0 Å². The van der Waals surface area contributed by atoms with Crippen molar-refractivity contribution in [3.05, 3.63) is 153 Å². The molecule has 0 aliphatic rings. The molecule has 306 valence electrons. The van der Waals surface area contributed by atoms with Crippen LogP contribution in [0.1, 0.15) is 69.5 Å². The zero-order chi connectivity index (χ0) is 42.9. The number of hydrogen-bond acceptors (Lipinski definition) is 6. The number of phenols is 1. The van der Waals surface area contributed by atoms with E-state index < -0.39 is 0 Å². The summed E-state index contributed by atoms with van der Waals surface area (Å²) >= 11 is 0. The van der Waals surface area contributed by atoms with Crippen LogP contribution in [0.2, 0.25) is 0 Å². The summed E-state index contributed by atoms with van der Waals surface area (Å²) in [6, 6.07) is 33.3. The molecule has 0 atom stereocenters. The van der Waals surface area contributed by atoms with Gasteiger partial charge in [-0.15, -0.1) is 0 Å². The molecule has 0 bridgehead atoms. The molecular formula is C52H62O6. The van der Waals surface area contributed by atoms with Gasteiger partial charge in [0, 0.05) is 5.41 Å². The lowest BCUT2D eigenvalue weighted by Gasteiger charge is -2.28. The van der Waals surface area contributed by atoms with Crippen LogP contribution < -0.4 is 23.7 Å². The highest BCUT2D eigenvalue weighted by molar-refractivity contribution is 5.70. The van der Waals surface area contributed by atoms with Gasteiger partial charge in [0.05, 0.1) is 35.5 Å². The molecule has 0 aliphatic heterocycles. The van der Waals surface area contributed by atoms with Gasteiger partial charge in [-0.2, -0.15) is 0 Å². The average molecular weight is 783 g/mol. The monoisotopic (exact) mass is 782 g/mol. The predicted molar refractivity (Wildman–Crippen MR) is 241 cm³/mol. The van der Waals surface area contributed by atoms with Crippen molar-refractivity contribution in [2.45, 2.75) is 74.7 Å². The molecule has 1 N–H and O–H groups in total. The highest BCUT2D eigenvalue weighted by Crippen LogP contribution is 2.38. The van der Waals surface area contributed by atoms with Gasteiger partial charge in [-0.1, -0.05) is 62.4 Å². The summed E-state index contributed by atoms with van der Waals surface area (Å²) in [4.78, 5) is 0. The highest BCUT2D eigenvalue weighted by atomic mass is 16.5. The number of aryl methyl sites for hydroxylation is 8. The Morgan fingerprint density at radius 3 is 0.862 bits per heavy atom. The van der Waals surface area contributed by atoms with E-state index in [0.29, 0.717) is 5.75 Å². The van der Waals surface area contributed by atoms with Crippen molar-refractivity contribution >= 4 is 0 Å². The Morgan fingerprint density at radius 2 is 0.603 bits per heavy atom. The second-order valence-corrected chi connectivity index (χ2v) is 15.5. The number of phenolic OH excluding ortho intramolecular Hbond substituents is 1. The minimum Gasteiger partial charge on any atom is -0.507 e. The second-order valence-electron chi connectivity index (χ2n) is 15.5. The summed E-state index contributed by atoms with van der Waals surface area (Å²) in [7, 11) is 8.49. The van der Waals surface area contributed by atoms with Crippen molar-refractivity contribution in [1.29, 1.82) is 0 Å². The maximum absolute atomic E-state index is 10.0. The molecule has 6 aromatic rings. The zero-order valence-corrected chi connectivity index (χ0v) is 37.2. The number of ether oxygens (including phenoxy) is 5. The largest absolute Gasteiger partial charge is 0.507 e. The van der Waals surface area contributed by atoms with Gasteiger partial charge in [-0.05, 0) is 182 Å². The number of hydrogen-bond donors (Lipinski definition) is 1. The summed E-state index contributed by atoms with van der Waals surface area (Å²) in [5, 5.41) is 10.0. The second kappa shape index (κ2) is 19.5. The molecule has 0 fully saturated rings. The molecule has 6 heteroatoms. The van der Waals surface area contributed by atoms with Gasteiger partial charge in [0.15, 0.2) is 0 Å². The van der Waals surface area contributed by atoms with Crippen LogP contribution in [0, 0.1) is 55.4 Å². The maximum atomic E-state index is 10.0. The third-order valence-corrected chi connectivity index (χ3v) is 10.8. The molecule has 0 heterocycles.